The van der Waals surface area contributed by atoms with E-state index in [9.17, 15) is 4.79 Å². The van der Waals surface area contributed by atoms with Crippen LogP contribution in [0.25, 0.3) is 0 Å². The highest BCUT2D eigenvalue weighted by Gasteiger charge is 2.15. The summed E-state index contributed by atoms with van der Waals surface area (Å²) >= 11 is 0. The minimum atomic E-state index is 0.229. The lowest BCUT2D eigenvalue weighted by atomic mass is 10.2. The highest BCUT2D eigenvalue weighted by molar-refractivity contribution is 5.78. The quantitative estimate of drug-likeness (QED) is 0.659. The van der Waals surface area contributed by atoms with Crippen LogP contribution in [0.5, 0.6) is 0 Å². The van der Waals surface area contributed by atoms with E-state index >= 15 is 0 Å². The molecule has 1 amide bonds. The van der Waals surface area contributed by atoms with Crippen molar-refractivity contribution in [1.29, 1.82) is 0 Å². The Morgan fingerprint density at radius 2 is 2.14 bits per heavy atom. The molecular formula is C10H21N3O. The first kappa shape index (κ1) is 11.5. The van der Waals surface area contributed by atoms with Gasteiger partial charge in [-0.3, -0.25) is 4.79 Å². The van der Waals surface area contributed by atoms with Gasteiger partial charge in [0.05, 0.1) is 6.54 Å². The molecule has 2 N–H and O–H groups in total. The maximum atomic E-state index is 11.7. The van der Waals surface area contributed by atoms with Gasteiger partial charge in [0.25, 0.3) is 0 Å². The highest BCUT2D eigenvalue weighted by atomic mass is 16.2. The molecule has 4 heteroatoms. The molecule has 1 atom stereocenters. The van der Waals surface area contributed by atoms with Gasteiger partial charge in [-0.25, -0.2) is 0 Å². The van der Waals surface area contributed by atoms with Crippen LogP contribution in [0.1, 0.15) is 20.3 Å². The van der Waals surface area contributed by atoms with Crippen molar-refractivity contribution in [2.75, 3.05) is 32.7 Å². The van der Waals surface area contributed by atoms with Gasteiger partial charge in [-0.2, -0.15) is 0 Å². The Morgan fingerprint density at radius 1 is 1.50 bits per heavy atom. The number of rotatable bonds is 4. The molecule has 0 aromatic carbocycles. The average molecular weight is 199 g/mol. The smallest absolute Gasteiger partial charge is 0.236 e. The molecule has 4 nitrogen and oxygen atoms in total. The summed E-state index contributed by atoms with van der Waals surface area (Å²) in [5, 5.41) is 6.45. The molecule has 0 saturated carbocycles. The van der Waals surface area contributed by atoms with Crippen molar-refractivity contribution in [2.24, 2.45) is 0 Å². The second kappa shape index (κ2) is 5.98. The van der Waals surface area contributed by atoms with Gasteiger partial charge in [-0.15, -0.1) is 0 Å². The van der Waals surface area contributed by atoms with Crippen LogP contribution in [-0.4, -0.2) is 49.6 Å². The molecule has 14 heavy (non-hydrogen) atoms. The van der Waals surface area contributed by atoms with Crippen LogP contribution in [0.4, 0.5) is 0 Å². The Kier molecular flexibility index (Phi) is 4.90. The van der Waals surface area contributed by atoms with Gasteiger partial charge < -0.3 is 15.5 Å². The molecule has 0 aliphatic carbocycles. The third kappa shape index (κ3) is 3.64. The topological polar surface area (TPSA) is 44.4 Å². The number of piperazine rings is 1. The Hall–Kier alpha value is -0.610. The first-order valence-corrected chi connectivity index (χ1v) is 5.46. The van der Waals surface area contributed by atoms with Crippen molar-refractivity contribution in [3.8, 4) is 0 Å². The van der Waals surface area contributed by atoms with Crippen LogP contribution in [0, 0.1) is 0 Å². The summed E-state index contributed by atoms with van der Waals surface area (Å²) in [4.78, 5) is 13.6. The molecule has 0 aromatic heterocycles. The Bertz CT molecular complexity index is 178. The van der Waals surface area contributed by atoms with Crippen molar-refractivity contribution < 1.29 is 4.79 Å². The van der Waals surface area contributed by atoms with Crippen molar-refractivity contribution in [3.05, 3.63) is 0 Å². The molecule has 1 aliphatic heterocycles. The number of carbonyl (C=O) groups excluding carboxylic acids is 1. The van der Waals surface area contributed by atoms with E-state index in [2.05, 4.69) is 24.5 Å². The normalized spacial score (nSPS) is 19.4. The summed E-state index contributed by atoms with van der Waals surface area (Å²) in [5.41, 5.74) is 0. The van der Waals surface area contributed by atoms with Gasteiger partial charge in [-0.05, 0) is 13.3 Å². The van der Waals surface area contributed by atoms with Crippen molar-refractivity contribution >= 4 is 5.91 Å². The van der Waals surface area contributed by atoms with Crippen LogP contribution in [0.3, 0.4) is 0 Å². The third-order valence-electron chi connectivity index (χ3n) is 2.68. The maximum absolute atomic E-state index is 11.7. The molecule has 1 fully saturated rings. The van der Waals surface area contributed by atoms with E-state index in [1.807, 2.05) is 4.90 Å². The summed E-state index contributed by atoms with van der Waals surface area (Å²) in [6, 6.07) is 0.432. The minimum Gasteiger partial charge on any atom is -0.339 e. The molecule has 0 spiro atoms. The molecule has 0 aromatic rings. The Morgan fingerprint density at radius 3 is 2.71 bits per heavy atom. The van der Waals surface area contributed by atoms with E-state index in [1.165, 1.54) is 0 Å². The number of hydrogen-bond acceptors (Lipinski definition) is 3. The van der Waals surface area contributed by atoms with Crippen LogP contribution < -0.4 is 10.6 Å². The fourth-order valence-electron chi connectivity index (χ4n) is 1.43. The number of nitrogens with one attached hydrogen (secondary N) is 2. The van der Waals surface area contributed by atoms with E-state index in [0.717, 1.165) is 32.6 Å². The molecule has 0 bridgehead atoms. The van der Waals surface area contributed by atoms with Crippen LogP contribution in [0.2, 0.25) is 0 Å². The Labute approximate surface area is 86.0 Å². The van der Waals surface area contributed by atoms with Gasteiger partial charge >= 0.3 is 0 Å². The molecule has 1 saturated heterocycles. The number of nitrogens with zero attached hydrogens (tertiary/aromatic N) is 1. The molecule has 82 valence electrons. The van der Waals surface area contributed by atoms with Gasteiger partial charge in [0.15, 0.2) is 0 Å². The molecule has 1 aliphatic rings. The number of amides is 1. The zero-order valence-corrected chi connectivity index (χ0v) is 9.18. The summed E-state index contributed by atoms with van der Waals surface area (Å²) in [6.07, 6.45) is 1.06. The lowest BCUT2D eigenvalue weighted by molar-refractivity contribution is -0.130. The Balaban J connectivity index is 2.19. The van der Waals surface area contributed by atoms with E-state index in [0.29, 0.717) is 12.6 Å². The standard InChI is InChI=1S/C10H21N3O/c1-3-9(2)12-8-10(14)13-6-4-11-5-7-13/h9,11-12H,3-8H2,1-2H3. The molecule has 1 rings (SSSR count). The molecule has 0 radical (unpaired) electrons. The largest absolute Gasteiger partial charge is 0.339 e. The van der Waals surface area contributed by atoms with E-state index in [4.69, 9.17) is 0 Å². The summed E-state index contributed by atoms with van der Waals surface area (Å²) in [7, 11) is 0. The molecule has 1 heterocycles. The van der Waals surface area contributed by atoms with Crippen molar-refractivity contribution in [1.82, 2.24) is 15.5 Å². The second-order valence-corrected chi connectivity index (χ2v) is 3.82. The monoisotopic (exact) mass is 199 g/mol. The molecule has 1 unspecified atom stereocenters. The van der Waals surface area contributed by atoms with Crippen LogP contribution in [-0.2, 0) is 4.79 Å². The lowest BCUT2D eigenvalue weighted by Gasteiger charge is -2.28. The van der Waals surface area contributed by atoms with Gasteiger partial charge in [0, 0.05) is 32.2 Å². The lowest BCUT2D eigenvalue weighted by Crippen LogP contribution is -2.49. The highest BCUT2D eigenvalue weighted by Crippen LogP contribution is 1.93. The van der Waals surface area contributed by atoms with Crippen molar-refractivity contribution in [3.63, 3.8) is 0 Å². The fraction of sp³-hybridized carbons (Fsp3) is 0.900. The third-order valence-corrected chi connectivity index (χ3v) is 2.68. The van der Waals surface area contributed by atoms with Gasteiger partial charge in [-0.1, -0.05) is 6.92 Å². The SMILES string of the molecule is CCC(C)NCC(=O)N1CCNCC1. The average Bonchev–Trinajstić information content (AvgIpc) is 2.26. The van der Waals surface area contributed by atoms with Gasteiger partial charge in [0.2, 0.25) is 5.91 Å². The first-order valence-electron chi connectivity index (χ1n) is 5.46. The minimum absolute atomic E-state index is 0.229. The first-order chi connectivity index (χ1) is 6.74. The fourth-order valence-corrected chi connectivity index (χ4v) is 1.43. The second-order valence-electron chi connectivity index (χ2n) is 3.82. The predicted molar refractivity (Wildman–Crippen MR) is 57.2 cm³/mol. The van der Waals surface area contributed by atoms with E-state index < -0.39 is 0 Å². The van der Waals surface area contributed by atoms with E-state index in [1.54, 1.807) is 0 Å². The van der Waals surface area contributed by atoms with E-state index in [-0.39, 0.29) is 5.91 Å². The predicted octanol–water partition coefficient (Wildman–Crippen LogP) is -0.194. The number of carbonyl (C=O) groups is 1. The molecular weight excluding hydrogens is 178 g/mol. The number of hydrogen-bond donors (Lipinski definition) is 2. The van der Waals surface area contributed by atoms with Crippen LogP contribution >= 0.6 is 0 Å². The van der Waals surface area contributed by atoms with Crippen LogP contribution in [0.15, 0.2) is 0 Å². The summed E-state index contributed by atoms with van der Waals surface area (Å²) in [6.45, 7) is 8.25. The zero-order valence-electron chi connectivity index (χ0n) is 9.18. The van der Waals surface area contributed by atoms with Crippen molar-refractivity contribution in [2.45, 2.75) is 26.3 Å². The zero-order chi connectivity index (χ0) is 10.4. The van der Waals surface area contributed by atoms with Gasteiger partial charge in [0.1, 0.15) is 0 Å². The summed E-state index contributed by atoms with van der Waals surface area (Å²) in [5.74, 6) is 0.229. The summed E-state index contributed by atoms with van der Waals surface area (Å²) < 4.78 is 0. The maximum Gasteiger partial charge on any atom is 0.236 e.